The minimum absolute atomic E-state index is 0.359. The second kappa shape index (κ2) is 6.83. The number of carbonyl (C=O) groups excluding carboxylic acids is 1. The van der Waals surface area contributed by atoms with Gasteiger partial charge in [-0.25, -0.2) is 14.7 Å². The van der Waals surface area contributed by atoms with Crippen molar-refractivity contribution in [1.82, 2.24) is 9.88 Å². The fraction of sp³-hybridized carbons (Fsp3) is 0.333. The van der Waals surface area contributed by atoms with E-state index in [-0.39, 0.29) is 6.09 Å². The summed E-state index contributed by atoms with van der Waals surface area (Å²) in [6.07, 6.45) is 3.82. The van der Waals surface area contributed by atoms with Gasteiger partial charge in [0.25, 0.3) is 0 Å². The van der Waals surface area contributed by atoms with Gasteiger partial charge in [0.2, 0.25) is 0 Å². The number of benzene rings is 1. The van der Waals surface area contributed by atoms with Crippen LogP contribution < -0.4 is 4.90 Å². The summed E-state index contributed by atoms with van der Waals surface area (Å²) >= 11 is 1.63. The van der Waals surface area contributed by atoms with Crippen molar-refractivity contribution in [1.29, 1.82) is 0 Å². The van der Waals surface area contributed by atoms with Crippen molar-refractivity contribution in [3.05, 3.63) is 42.6 Å². The van der Waals surface area contributed by atoms with Gasteiger partial charge in [-0.15, -0.1) is 0 Å². The molecule has 0 aliphatic carbocycles. The van der Waals surface area contributed by atoms with Crippen LogP contribution in [0.1, 0.15) is 12.8 Å². The highest BCUT2D eigenvalue weighted by molar-refractivity contribution is 7.99. The quantitative estimate of drug-likeness (QED) is 0.847. The number of nitrogens with zero attached hydrogens (tertiary/aromatic N) is 3. The van der Waals surface area contributed by atoms with E-state index in [1.807, 2.05) is 36.4 Å². The van der Waals surface area contributed by atoms with Crippen molar-refractivity contribution < 1.29 is 9.53 Å². The molecule has 2 aliphatic heterocycles. The number of amides is 1. The zero-order valence-corrected chi connectivity index (χ0v) is 14.2. The maximum Gasteiger partial charge on any atom is 0.420 e. The summed E-state index contributed by atoms with van der Waals surface area (Å²) < 4.78 is 5.55. The molecule has 0 unspecified atom stereocenters. The summed E-state index contributed by atoms with van der Waals surface area (Å²) in [5.74, 6) is 0.646. The first-order valence-corrected chi connectivity index (χ1v) is 9.06. The third-order valence-corrected chi connectivity index (χ3v) is 5.41. The van der Waals surface area contributed by atoms with Crippen molar-refractivity contribution in [3.8, 4) is 0 Å². The molecule has 1 aromatic heterocycles. The van der Waals surface area contributed by atoms with E-state index < -0.39 is 0 Å². The summed E-state index contributed by atoms with van der Waals surface area (Å²) in [6, 6.07) is 11.7. The number of hydrogen-bond donors (Lipinski definition) is 0. The summed E-state index contributed by atoms with van der Waals surface area (Å²) in [6.45, 7) is 3.41. The summed E-state index contributed by atoms with van der Waals surface area (Å²) in [4.78, 5) is 23.1. The van der Waals surface area contributed by atoms with Gasteiger partial charge in [-0.2, -0.15) is 0 Å². The van der Waals surface area contributed by atoms with Crippen LogP contribution in [0.4, 0.5) is 16.3 Å². The molecule has 1 aromatic carbocycles. The summed E-state index contributed by atoms with van der Waals surface area (Å²) in [5.41, 5.74) is 0.833. The third-order valence-electron chi connectivity index (χ3n) is 4.30. The Morgan fingerprint density at radius 3 is 2.79 bits per heavy atom. The van der Waals surface area contributed by atoms with Crippen molar-refractivity contribution in [3.63, 3.8) is 0 Å². The van der Waals surface area contributed by atoms with E-state index in [0.717, 1.165) is 35.1 Å². The van der Waals surface area contributed by atoms with Gasteiger partial charge < -0.3 is 4.74 Å². The van der Waals surface area contributed by atoms with E-state index in [1.165, 1.54) is 12.8 Å². The Balaban J connectivity index is 1.54. The molecule has 6 heteroatoms. The number of rotatable bonds is 3. The zero-order valence-electron chi connectivity index (χ0n) is 13.4. The summed E-state index contributed by atoms with van der Waals surface area (Å²) in [7, 11) is 0. The molecule has 24 heavy (non-hydrogen) atoms. The number of pyridine rings is 1. The Bertz CT molecular complexity index is 701. The Labute approximate surface area is 145 Å². The fourth-order valence-corrected chi connectivity index (χ4v) is 4.14. The summed E-state index contributed by atoms with van der Waals surface area (Å²) in [5, 5.41) is 0. The van der Waals surface area contributed by atoms with Crippen LogP contribution in [-0.2, 0) is 4.74 Å². The Kier molecular flexibility index (Phi) is 4.40. The smallest absolute Gasteiger partial charge is 0.420 e. The first-order valence-electron chi connectivity index (χ1n) is 8.24. The number of ether oxygens (including phenoxy) is 1. The number of hydrogen-bond acceptors (Lipinski definition) is 5. The molecule has 3 heterocycles. The van der Waals surface area contributed by atoms with Gasteiger partial charge in [0.05, 0.1) is 10.6 Å². The SMILES string of the molecule is O=C(OCCN1CCCC1)N1c2ccccc2Sc2cccnc21. The highest BCUT2D eigenvalue weighted by Gasteiger charge is 2.30. The number of para-hydroxylation sites is 1. The number of fused-ring (bicyclic) bond motifs is 2. The molecule has 5 nitrogen and oxygen atoms in total. The van der Waals surface area contributed by atoms with E-state index in [1.54, 1.807) is 22.9 Å². The lowest BCUT2D eigenvalue weighted by Crippen LogP contribution is -2.32. The van der Waals surface area contributed by atoms with Crippen molar-refractivity contribution in [2.75, 3.05) is 31.1 Å². The van der Waals surface area contributed by atoms with Crippen LogP contribution in [0.15, 0.2) is 52.4 Å². The molecule has 124 valence electrons. The first-order chi connectivity index (χ1) is 11.8. The topological polar surface area (TPSA) is 45.7 Å². The van der Waals surface area contributed by atoms with Crippen LogP contribution in [0.25, 0.3) is 0 Å². The van der Waals surface area contributed by atoms with Gasteiger partial charge in [-0.1, -0.05) is 23.9 Å². The molecule has 1 amide bonds. The van der Waals surface area contributed by atoms with Crippen LogP contribution in [0.5, 0.6) is 0 Å². The molecule has 1 fully saturated rings. The molecule has 0 saturated carbocycles. The molecule has 2 aromatic rings. The van der Waals surface area contributed by atoms with Crippen LogP contribution in [0.3, 0.4) is 0 Å². The molecule has 1 saturated heterocycles. The lowest BCUT2D eigenvalue weighted by atomic mass is 10.2. The first kappa shape index (κ1) is 15.5. The average molecular weight is 341 g/mol. The van der Waals surface area contributed by atoms with Gasteiger partial charge in [0, 0.05) is 17.6 Å². The van der Waals surface area contributed by atoms with E-state index in [9.17, 15) is 4.79 Å². The van der Waals surface area contributed by atoms with Gasteiger partial charge in [-0.3, -0.25) is 4.90 Å². The molecule has 0 spiro atoms. The van der Waals surface area contributed by atoms with E-state index in [4.69, 9.17) is 4.74 Å². The number of aromatic nitrogens is 1. The van der Waals surface area contributed by atoms with Crippen LogP contribution >= 0.6 is 11.8 Å². The molecule has 4 rings (SSSR count). The lowest BCUT2D eigenvalue weighted by molar-refractivity contribution is 0.141. The monoisotopic (exact) mass is 341 g/mol. The largest absolute Gasteiger partial charge is 0.448 e. The second-order valence-electron chi connectivity index (χ2n) is 5.89. The molecule has 0 radical (unpaired) electrons. The van der Waals surface area contributed by atoms with Gasteiger partial charge >= 0.3 is 6.09 Å². The Morgan fingerprint density at radius 2 is 1.92 bits per heavy atom. The maximum atomic E-state index is 12.7. The molecular formula is C18H19N3O2S. The van der Waals surface area contributed by atoms with Gasteiger partial charge in [-0.05, 0) is 50.2 Å². The normalized spacial score (nSPS) is 16.6. The van der Waals surface area contributed by atoms with Crippen LogP contribution in [0.2, 0.25) is 0 Å². The van der Waals surface area contributed by atoms with Crippen molar-refractivity contribution >= 4 is 29.4 Å². The molecule has 0 N–H and O–H groups in total. The Morgan fingerprint density at radius 1 is 1.12 bits per heavy atom. The van der Waals surface area contributed by atoms with Crippen LogP contribution in [0, 0.1) is 0 Å². The minimum atomic E-state index is -0.359. The average Bonchev–Trinajstić information content (AvgIpc) is 3.13. The molecule has 0 bridgehead atoms. The molecule has 2 aliphatic rings. The lowest BCUT2D eigenvalue weighted by Gasteiger charge is -2.29. The Hall–Kier alpha value is -2.05. The zero-order chi connectivity index (χ0) is 16.4. The minimum Gasteiger partial charge on any atom is -0.448 e. The highest BCUT2D eigenvalue weighted by Crippen LogP contribution is 2.46. The maximum absolute atomic E-state index is 12.7. The van der Waals surface area contributed by atoms with Crippen molar-refractivity contribution in [2.45, 2.75) is 22.6 Å². The van der Waals surface area contributed by atoms with Gasteiger partial charge in [0.15, 0.2) is 5.82 Å². The third kappa shape index (κ3) is 2.99. The van der Waals surface area contributed by atoms with Crippen molar-refractivity contribution in [2.24, 2.45) is 0 Å². The standard InChI is InChI=1S/C18H19N3O2S/c22-18(23-13-12-20-10-3-4-11-20)21-14-6-1-2-7-15(14)24-16-8-5-9-19-17(16)21/h1-2,5-9H,3-4,10-13H2. The predicted molar refractivity (Wildman–Crippen MR) is 94.0 cm³/mol. The molecule has 0 atom stereocenters. The number of anilines is 2. The number of carbonyl (C=O) groups is 1. The van der Waals surface area contributed by atoms with Gasteiger partial charge in [0.1, 0.15) is 6.61 Å². The second-order valence-corrected chi connectivity index (χ2v) is 6.98. The van der Waals surface area contributed by atoms with E-state index in [0.29, 0.717) is 12.4 Å². The molecular weight excluding hydrogens is 322 g/mol. The van der Waals surface area contributed by atoms with E-state index >= 15 is 0 Å². The highest BCUT2D eigenvalue weighted by atomic mass is 32.2. The van der Waals surface area contributed by atoms with Crippen LogP contribution in [-0.4, -0.2) is 42.2 Å². The fourth-order valence-electron chi connectivity index (χ4n) is 3.11. The number of likely N-dealkylation sites (tertiary alicyclic amines) is 1. The van der Waals surface area contributed by atoms with E-state index in [2.05, 4.69) is 9.88 Å². The predicted octanol–water partition coefficient (Wildman–Crippen LogP) is 3.92.